The Morgan fingerprint density at radius 2 is 1.89 bits per heavy atom. The van der Waals surface area contributed by atoms with E-state index in [9.17, 15) is 8.78 Å². The molecule has 2 nitrogen and oxygen atoms in total. The molecule has 1 heterocycles. The second kappa shape index (κ2) is 5.76. The third-order valence-electron chi connectivity index (χ3n) is 3.64. The van der Waals surface area contributed by atoms with Gasteiger partial charge in [0.2, 0.25) is 0 Å². The second-order valence-electron chi connectivity index (χ2n) is 4.81. The van der Waals surface area contributed by atoms with Gasteiger partial charge in [-0.3, -0.25) is 4.90 Å². The fourth-order valence-electron chi connectivity index (χ4n) is 2.59. The van der Waals surface area contributed by atoms with Crippen LogP contribution in [0, 0.1) is 18.6 Å². The van der Waals surface area contributed by atoms with Gasteiger partial charge >= 0.3 is 0 Å². The summed E-state index contributed by atoms with van der Waals surface area (Å²) >= 11 is 0. The monoisotopic (exact) mass is 254 g/mol. The van der Waals surface area contributed by atoms with Gasteiger partial charge in [0.15, 0.2) is 11.6 Å². The van der Waals surface area contributed by atoms with Gasteiger partial charge in [-0.2, -0.15) is 0 Å². The summed E-state index contributed by atoms with van der Waals surface area (Å²) in [5, 5.41) is 3.27. The van der Waals surface area contributed by atoms with E-state index in [1.54, 1.807) is 19.1 Å². The highest BCUT2D eigenvalue weighted by Crippen LogP contribution is 2.28. The number of benzene rings is 1. The number of aryl methyl sites for hydroxylation is 1. The van der Waals surface area contributed by atoms with Crippen molar-refractivity contribution in [3.8, 4) is 0 Å². The average molecular weight is 254 g/mol. The average Bonchev–Trinajstić information content (AvgIpc) is 2.41. The molecule has 1 aromatic rings. The van der Waals surface area contributed by atoms with Crippen molar-refractivity contribution in [3.05, 3.63) is 34.9 Å². The van der Waals surface area contributed by atoms with Gasteiger partial charge in [-0.15, -0.1) is 0 Å². The lowest BCUT2D eigenvalue weighted by atomic mass is 9.99. The zero-order valence-corrected chi connectivity index (χ0v) is 11.0. The second-order valence-corrected chi connectivity index (χ2v) is 4.81. The number of hydrogen-bond donors (Lipinski definition) is 1. The first-order chi connectivity index (χ1) is 8.65. The molecule has 1 N–H and O–H groups in total. The van der Waals surface area contributed by atoms with Gasteiger partial charge in [0.25, 0.3) is 0 Å². The van der Waals surface area contributed by atoms with E-state index in [4.69, 9.17) is 0 Å². The molecule has 0 aliphatic carbocycles. The van der Waals surface area contributed by atoms with Crippen molar-refractivity contribution in [2.24, 2.45) is 0 Å². The van der Waals surface area contributed by atoms with Gasteiger partial charge in [-0.1, -0.05) is 19.1 Å². The quantitative estimate of drug-likeness (QED) is 0.892. The Hall–Kier alpha value is -1.00. The highest BCUT2D eigenvalue weighted by atomic mass is 19.2. The maximum atomic E-state index is 14.0. The van der Waals surface area contributed by atoms with Crippen LogP contribution in [0.2, 0.25) is 0 Å². The zero-order valence-electron chi connectivity index (χ0n) is 11.0. The summed E-state index contributed by atoms with van der Waals surface area (Å²) in [7, 11) is 0. The van der Waals surface area contributed by atoms with E-state index in [1.807, 2.05) is 6.92 Å². The molecule has 0 saturated carbocycles. The molecule has 0 radical (unpaired) electrons. The zero-order chi connectivity index (χ0) is 13.1. The van der Waals surface area contributed by atoms with Crippen LogP contribution in [0.1, 0.15) is 30.5 Å². The molecule has 1 aromatic carbocycles. The van der Waals surface area contributed by atoms with Crippen LogP contribution in [0.3, 0.4) is 0 Å². The topological polar surface area (TPSA) is 15.3 Å². The third kappa shape index (κ3) is 2.54. The lowest BCUT2D eigenvalue weighted by Crippen LogP contribution is -2.45. The molecule has 1 fully saturated rings. The predicted octanol–water partition coefficient (Wildman–Crippen LogP) is 2.63. The number of halogens is 2. The van der Waals surface area contributed by atoms with E-state index in [0.29, 0.717) is 11.1 Å². The molecule has 1 saturated heterocycles. The lowest BCUT2D eigenvalue weighted by Gasteiger charge is -2.35. The number of nitrogens with one attached hydrogen (secondary N) is 1. The molecule has 0 aromatic heterocycles. The summed E-state index contributed by atoms with van der Waals surface area (Å²) < 4.78 is 27.7. The highest BCUT2D eigenvalue weighted by Gasteiger charge is 2.24. The number of piperazine rings is 1. The van der Waals surface area contributed by atoms with Gasteiger partial charge in [0, 0.05) is 37.8 Å². The van der Waals surface area contributed by atoms with Crippen LogP contribution >= 0.6 is 0 Å². The Morgan fingerprint density at radius 3 is 2.50 bits per heavy atom. The first-order valence-corrected chi connectivity index (χ1v) is 6.54. The lowest BCUT2D eigenvalue weighted by molar-refractivity contribution is 0.165. The highest BCUT2D eigenvalue weighted by molar-refractivity contribution is 5.28. The van der Waals surface area contributed by atoms with Crippen LogP contribution in [0.5, 0.6) is 0 Å². The molecule has 4 heteroatoms. The summed E-state index contributed by atoms with van der Waals surface area (Å²) in [4.78, 5) is 2.23. The Kier molecular flexibility index (Phi) is 4.30. The molecule has 0 unspecified atom stereocenters. The van der Waals surface area contributed by atoms with Crippen LogP contribution < -0.4 is 5.32 Å². The van der Waals surface area contributed by atoms with E-state index in [0.717, 1.165) is 32.6 Å². The van der Waals surface area contributed by atoms with Crippen LogP contribution in [0.4, 0.5) is 8.78 Å². The minimum absolute atomic E-state index is 0.0257. The summed E-state index contributed by atoms with van der Waals surface area (Å²) in [6.45, 7) is 7.19. The van der Waals surface area contributed by atoms with E-state index < -0.39 is 11.6 Å². The molecule has 2 rings (SSSR count). The fraction of sp³-hybridized carbons (Fsp3) is 0.571. The normalized spacial score (nSPS) is 18.9. The summed E-state index contributed by atoms with van der Waals surface area (Å²) in [5.74, 6) is -1.39. The SMILES string of the molecule is CC[C@@H](c1ccc(C)c(F)c1F)N1CCNCC1. The maximum Gasteiger partial charge on any atom is 0.163 e. The smallest absolute Gasteiger partial charge is 0.163 e. The van der Waals surface area contributed by atoms with E-state index >= 15 is 0 Å². The number of rotatable bonds is 3. The van der Waals surface area contributed by atoms with E-state index in [1.165, 1.54) is 0 Å². The Balaban J connectivity index is 2.29. The van der Waals surface area contributed by atoms with Gasteiger partial charge in [0.1, 0.15) is 0 Å². The van der Waals surface area contributed by atoms with Crippen molar-refractivity contribution in [3.63, 3.8) is 0 Å². The Bertz CT molecular complexity index is 415. The standard InChI is InChI=1S/C14H20F2N2/c1-3-12(18-8-6-17-7-9-18)11-5-4-10(2)13(15)14(11)16/h4-5,12,17H,3,6-9H2,1-2H3/t12-/m0/s1. The molecular weight excluding hydrogens is 234 g/mol. The molecule has 1 aliphatic rings. The third-order valence-corrected chi connectivity index (χ3v) is 3.64. The Morgan fingerprint density at radius 1 is 1.22 bits per heavy atom. The number of nitrogens with zero attached hydrogens (tertiary/aromatic N) is 1. The summed E-state index contributed by atoms with van der Waals surface area (Å²) in [6, 6.07) is 3.37. The summed E-state index contributed by atoms with van der Waals surface area (Å²) in [5.41, 5.74) is 0.855. The maximum absolute atomic E-state index is 14.0. The largest absolute Gasteiger partial charge is 0.314 e. The van der Waals surface area contributed by atoms with Gasteiger partial charge in [0.05, 0.1) is 0 Å². The molecule has 0 amide bonds. The van der Waals surface area contributed by atoms with Crippen LogP contribution in [-0.4, -0.2) is 31.1 Å². The summed E-state index contributed by atoms with van der Waals surface area (Å²) in [6.07, 6.45) is 0.791. The molecule has 0 spiro atoms. The van der Waals surface area contributed by atoms with Gasteiger partial charge in [-0.05, 0) is 18.9 Å². The van der Waals surface area contributed by atoms with Crippen molar-refractivity contribution in [2.45, 2.75) is 26.3 Å². The van der Waals surface area contributed by atoms with E-state index in [2.05, 4.69) is 10.2 Å². The molecular formula is C14H20F2N2. The van der Waals surface area contributed by atoms with Crippen LogP contribution in [0.15, 0.2) is 12.1 Å². The van der Waals surface area contributed by atoms with Crippen molar-refractivity contribution in [1.29, 1.82) is 0 Å². The molecule has 1 atom stereocenters. The van der Waals surface area contributed by atoms with Crippen molar-refractivity contribution >= 4 is 0 Å². The van der Waals surface area contributed by atoms with Crippen molar-refractivity contribution < 1.29 is 8.78 Å². The number of hydrogen-bond acceptors (Lipinski definition) is 2. The van der Waals surface area contributed by atoms with Gasteiger partial charge in [-0.25, -0.2) is 8.78 Å². The molecule has 0 bridgehead atoms. The molecule has 1 aliphatic heterocycles. The fourth-order valence-corrected chi connectivity index (χ4v) is 2.59. The minimum atomic E-state index is -0.707. The van der Waals surface area contributed by atoms with Crippen LogP contribution in [0.25, 0.3) is 0 Å². The Labute approximate surface area is 107 Å². The first-order valence-electron chi connectivity index (χ1n) is 6.54. The van der Waals surface area contributed by atoms with Gasteiger partial charge < -0.3 is 5.32 Å². The first kappa shape index (κ1) is 13.4. The van der Waals surface area contributed by atoms with Crippen molar-refractivity contribution in [2.75, 3.05) is 26.2 Å². The van der Waals surface area contributed by atoms with E-state index in [-0.39, 0.29) is 6.04 Å². The minimum Gasteiger partial charge on any atom is -0.314 e. The molecule has 18 heavy (non-hydrogen) atoms. The van der Waals surface area contributed by atoms with Crippen molar-refractivity contribution in [1.82, 2.24) is 10.2 Å². The predicted molar refractivity (Wildman–Crippen MR) is 68.6 cm³/mol. The van der Waals surface area contributed by atoms with Crippen LogP contribution in [-0.2, 0) is 0 Å². The molecule has 100 valence electrons.